The van der Waals surface area contributed by atoms with Crippen LogP contribution in [0.1, 0.15) is 206 Å². The fraction of sp³-hybridized carbons (Fsp3) is 0.784. The van der Waals surface area contributed by atoms with Gasteiger partial charge in [-0.3, -0.25) is 13.8 Å². The molecule has 3 unspecified atom stereocenters. The lowest BCUT2D eigenvalue weighted by Gasteiger charge is -2.25. The number of rotatable bonds is 44. The van der Waals surface area contributed by atoms with E-state index in [-0.39, 0.29) is 25.5 Å². The minimum atomic E-state index is -4.36. The second kappa shape index (κ2) is 42.5. The van der Waals surface area contributed by atoms with Gasteiger partial charge >= 0.3 is 7.82 Å². The van der Waals surface area contributed by atoms with Crippen molar-refractivity contribution in [3.8, 4) is 0 Å². The van der Waals surface area contributed by atoms with Gasteiger partial charge in [0, 0.05) is 6.42 Å². The molecule has 0 aliphatic heterocycles. The number of carbonyl (C=O) groups excluding carboxylic acids is 1. The van der Waals surface area contributed by atoms with E-state index in [4.69, 9.17) is 9.05 Å². The SMILES string of the molecule is CC/C=C\C/C=C\C/C=C\C/C=C\CCC(=O)NC(COP(=O)(O)OCC[N+](C)(C)C)C(O)/C=C/CCCCCCCCCCCCCCCCCCCCCCCCC. The predicted molar refractivity (Wildman–Crippen MR) is 258 cm³/mol. The number of unbranched alkanes of at least 4 members (excludes halogenated alkanes) is 23. The average Bonchev–Trinajstić information content (AvgIpc) is 3.20. The molecule has 1 amide bonds. The second-order valence-electron chi connectivity index (χ2n) is 17.8. The summed E-state index contributed by atoms with van der Waals surface area (Å²) in [5, 5.41) is 13.8. The van der Waals surface area contributed by atoms with Crippen LogP contribution in [0, 0.1) is 0 Å². The van der Waals surface area contributed by atoms with Crippen molar-refractivity contribution >= 4 is 13.7 Å². The third kappa shape index (κ3) is 44.3. The molecule has 9 heteroatoms. The van der Waals surface area contributed by atoms with Gasteiger partial charge in [-0.1, -0.05) is 216 Å². The standard InChI is InChI=1S/C51H95N2O6P/c1-6-8-10-12-14-16-18-20-21-22-23-24-25-26-27-28-29-30-31-33-34-36-38-40-42-44-50(54)49(48-59-60(56,57)58-47-46-53(3,4)5)52-51(55)45-43-41-39-37-35-32-19-17-15-13-11-9-7-2/h9,11,15,17,32,35,39,41-42,44,49-50,54H,6-8,10,12-14,16,18-31,33-34,36-38,40,43,45-48H2,1-5H3,(H-,52,55,56,57)/p+1/b11-9-,17-15-,35-32-,41-39-,44-42+. The first-order valence-electron chi connectivity index (χ1n) is 24.7. The Labute approximate surface area is 371 Å². The molecule has 0 bridgehead atoms. The first kappa shape index (κ1) is 58.2. The largest absolute Gasteiger partial charge is 0.472 e. The lowest BCUT2D eigenvalue weighted by molar-refractivity contribution is -0.870. The zero-order valence-corrected chi connectivity index (χ0v) is 40.6. The van der Waals surface area contributed by atoms with Gasteiger partial charge < -0.3 is 19.8 Å². The number of hydrogen-bond donors (Lipinski definition) is 3. The van der Waals surface area contributed by atoms with E-state index in [0.29, 0.717) is 17.4 Å². The quantitative estimate of drug-likeness (QED) is 0.0244. The number of allylic oxidation sites excluding steroid dienone is 9. The molecule has 60 heavy (non-hydrogen) atoms. The molecule has 0 spiro atoms. The number of phosphoric ester groups is 1. The lowest BCUT2D eigenvalue weighted by atomic mass is 10.0. The van der Waals surface area contributed by atoms with Gasteiger partial charge in [0.25, 0.3) is 0 Å². The van der Waals surface area contributed by atoms with Crippen molar-refractivity contribution in [2.75, 3.05) is 40.9 Å². The molecule has 0 fully saturated rings. The number of likely N-dealkylation sites (N-methyl/N-ethyl adjacent to an activating group) is 1. The first-order chi connectivity index (χ1) is 29.0. The monoisotopic (exact) mass is 864 g/mol. The molecule has 0 saturated heterocycles. The second-order valence-corrected chi connectivity index (χ2v) is 19.3. The predicted octanol–water partition coefficient (Wildman–Crippen LogP) is 14.2. The summed E-state index contributed by atoms with van der Waals surface area (Å²) in [6, 6.07) is -0.886. The topological polar surface area (TPSA) is 105 Å². The first-order valence-corrected chi connectivity index (χ1v) is 26.2. The van der Waals surface area contributed by atoms with Gasteiger partial charge in [0.1, 0.15) is 13.2 Å². The Morgan fingerprint density at radius 3 is 1.43 bits per heavy atom. The minimum Gasteiger partial charge on any atom is -0.387 e. The molecule has 8 nitrogen and oxygen atoms in total. The maximum Gasteiger partial charge on any atom is 0.472 e. The highest BCUT2D eigenvalue weighted by Crippen LogP contribution is 2.43. The Balaban J connectivity index is 4.31. The Morgan fingerprint density at radius 2 is 1.00 bits per heavy atom. The molecular weight excluding hydrogens is 768 g/mol. The van der Waals surface area contributed by atoms with Crippen LogP contribution in [0.25, 0.3) is 0 Å². The summed E-state index contributed by atoms with van der Waals surface area (Å²) < 4.78 is 23.5. The van der Waals surface area contributed by atoms with Crippen LogP contribution < -0.4 is 5.32 Å². The molecule has 0 aromatic heterocycles. The molecule has 0 rings (SSSR count). The van der Waals surface area contributed by atoms with E-state index < -0.39 is 20.0 Å². The number of nitrogens with zero attached hydrogens (tertiary/aromatic N) is 1. The Kier molecular flexibility index (Phi) is 41.2. The van der Waals surface area contributed by atoms with Crippen LogP contribution in [0.15, 0.2) is 60.8 Å². The number of hydrogen-bond acceptors (Lipinski definition) is 5. The smallest absolute Gasteiger partial charge is 0.387 e. The van der Waals surface area contributed by atoms with E-state index in [9.17, 15) is 19.4 Å². The summed E-state index contributed by atoms with van der Waals surface area (Å²) in [6.45, 7) is 4.64. The molecule has 350 valence electrons. The highest BCUT2D eigenvalue weighted by Gasteiger charge is 2.27. The van der Waals surface area contributed by atoms with Gasteiger partial charge in [0.15, 0.2) is 0 Å². The number of carbonyl (C=O) groups is 1. The summed E-state index contributed by atoms with van der Waals surface area (Å²) in [6.07, 6.45) is 56.2. The van der Waals surface area contributed by atoms with Crippen molar-refractivity contribution in [1.82, 2.24) is 5.32 Å². The fourth-order valence-electron chi connectivity index (χ4n) is 6.88. The van der Waals surface area contributed by atoms with Gasteiger partial charge in [-0.2, -0.15) is 0 Å². The summed E-state index contributed by atoms with van der Waals surface area (Å²) in [5.41, 5.74) is 0. The van der Waals surface area contributed by atoms with Crippen LogP contribution in [0.5, 0.6) is 0 Å². The number of quaternary nitrogens is 1. The van der Waals surface area contributed by atoms with Crippen molar-refractivity contribution < 1.29 is 32.9 Å². The van der Waals surface area contributed by atoms with E-state index in [1.165, 1.54) is 135 Å². The van der Waals surface area contributed by atoms with Gasteiger partial charge in [0.05, 0.1) is 39.9 Å². The molecule has 0 aromatic rings. The highest BCUT2D eigenvalue weighted by molar-refractivity contribution is 7.47. The summed E-state index contributed by atoms with van der Waals surface area (Å²) >= 11 is 0. The zero-order valence-electron chi connectivity index (χ0n) is 39.7. The molecule has 3 atom stereocenters. The van der Waals surface area contributed by atoms with E-state index in [2.05, 4.69) is 55.6 Å². The van der Waals surface area contributed by atoms with E-state index in [0.717, 1.165) is 44.9 Å². The van der Waals surface area contributed by atoms with Crippen molar-refractivity contribution in [2.24, 2.45) is 0 Å². The Hall–Kier alpha value is -1.80. The summed E-state index contributed by atoms with van der Waals surface area (Å²) in [4.78, 5) is 23.1. The van der Waals surface area contributed by atoms with Gasteiger partial charge in [-0.25, -0.2) is 4.57 Å². The fourth-order valence-corrected chi connectivity index (χ4v) is 7.61. The highest BCUT2D eigenvalue weighted by atomic mass is 31.2. The van der Waals surface area contributed by atoms with Gasteiger partial charge in [-0.15, -0.1) is 0 Å². The van der Waals surface area contributed by atoms with Crippen molar-refractivity contribution in [3.05, 3.63) is 60.8 Å². The third-order valence-corrected chi connectivity index (χ3v) is 11.7. The number of phosphoric acid groups is 1. The Bertz CT molecular complexity index is 1160. The number of nitrogens with one attached hydrogen (secondary N) is 1. The van der Waals surface area contributed by atoms with Crippen LogP contribution in [0.4, 0.5) is 0 Å². The van der Waals surface area contributed by atoms with Gasteiger partial charge in [0.2, 0.25) is 5.91 Å². The number of amides is 1. The van der Waals surface area contributed by atoms with Crippen LogP contribution in [-0.4, -0.2) is 73.4 Å². The number of aliphatic hydroxyl groups excluding tert-OH is 1. The molecule has 0 saturated carbocycles. The molecular formula is C51H96N2O6P+. The molecule has 0 heterocycles. The third-order valence-electron chi connectivity index (χ3n) is 10.8. The minimum absolute atomic E-state index is 0.0468. The van der Waals surface area contributed by atoms with Crippen LogP contribution in [0.2, 0.25) is 0 Å². The van der Waals surface area contributed by atoms with Crippen molar-refractivity contribution in [3.63, 3.8) is 0 Å². The van der Waals surface area contributed by atoms with Crippen LogP contribution >= 0.6 is 7.82 Å². The molecule has 0 radical (unpaired) electrons. The normalized spacial score (nSPS) is 14.7. The maximum atomic E-state index is 12.8. The van der Waals surface area contributed by atoms with Crippen molar-refractivity contribution in [1.29, 1.82) is 0 Å². The zero-order chi connectivity index (χ0) is 44.3. The summed E-state index contributed by atoms with van der Waals surface area (Å²) in [5.74, 6) is -0.257. The summed E-state index contributed by atoms with van der Waals surface area (Å²) in [7, 11) is 1.52. The van der Waals surface area contributed by atoms with E-state index in [1.807, 2.05) is 39.4 Å². The molecule has 0 aromatic carbocycles. The molecule has 0 aliphatic rings. The van der Waals surface area contributed by atoms with E-state index in [1.54, 1.807) is 6.08 Å². The van der Waals surface area contributed by atoms with Crippen molar-refractivity contribution in [2.45, 2.75) is 219 Å². The molecule has 0 aliphatic carbocycles. The Morgan fingerprint density at radius 1 is 0.583 bits per heavy atom. The molecule has 3 N–H and O–H groups in total. The van der Waals surface area contributed by atoms with Crippen LogP contribution in [-0.2, 0) is 18.4 Å². The van der Waals surface area contributed by atoms with Crippen LogP contribution in [0.3, 0.4) is 0 Å². The lowest BCUT2D eigenvalue weighted by Crippen LogP contribution is -2.45. The maximum absolute atomic E-state index is 12.8. The van der Waals surface area contributed by atoms with E-state index >= 15 is 0 Å². The van der Waals surface area contributed by atoms with Gasteiger partial charge in [-0.05, 0) is 44.9 Å². The number of aliphatic hydroxyl groups is 1. The average molecular weight is 864 g/mol.